The van der Waals surface area contributed by atoms with Gasteiger partial charge in [-0.1, -0.05) is 30.3 Å². The topological polar surface area (TPSA) is 22.1 Å². The summed E-state index contributed by atoms with van der Waals surface area (Å²) in [6.07, 6.45) is 0. The van der Waals surface area contributed by atoms with E-state index in [-0.39, 0.29) is 0 Å². The molecule has 0 unspecified atom stereocenters. The standard InChI is InChI=1S/C11H10BrNOS/c1-2-14-11-9(12)10(15-13-11)8-6-4-3-5-7-8/h3-7H,2H2,1H3. The molecule has 0 radical (unpaired) electrons. The number of nitrogens with zero attached hydrogens (tertiary/aromatic N) is 1. The highest BCUT2D eigenvalue weighted by Crippen LogP contribution is 2.38. The molecule has 1 aromatic heterocycles. The Kier molecular flexibility index (Phi) is 3.38. The maximum Gasteiger partial charge on any atom is 0.240 e. The largest absolute Gasteiger partial charge is 0.477 e. The summed E-state index contributed by atoms with van der Waals surface area (Å²) in [5.74, 6) is 0.682. The summed E-state index contributed by atoms with van der Waals surface area (Å²) in [6, 6.07) is 10.2. The highest BCUT2D eigenvalue weighted by Gasteiger charge is 2.13. The molecule has 2 rings (SSSR count). The molecule has 0 aliphatic heterocycles. The molecule has 0 aliphatic carbocycles. The van der Waals surface area contributed by atoms with Crippen LogP contribution in [0.25, 0.3) is 10.4 Å². The van der Waals surface area contributed by atoms with Crippen LogP contribution in [0.4, 0.5) is 0 Å². The number of hydrogen-bond donors (Lipinski definition) is 0. The molecule has 0 aliphatic rings. The molecule has 1 aromatic carbocycles. The van der Waals surface area contributed by atoms with Crippen LogP contribution in [0.15, 0.2) is 34.8 Å². The van der Waals surface area contributed by atoms with E-state index in [2.05, 4.69) is 32.4 Å². The molecule has 0 atom stereocenters. The van der Waals surface area contributed by atoms with Crippen LogP contribution in [0.5, 0.6) is 5.88 Å². The molecule has 0 amide bonds. The smallest absolute Gasteiger partial charge is 0.240 e. The van der Waals surface area contributed by atoms with Gasteiger partial charge in [-0.15, -0.1) is 0 Å². The number of halogens is 1. The molecule has 2 aromatic rings. The minimum Gasteiger partial charge on any atom is -0.477 e. The highest BCUT2D eigenvalue weighted by atomic mass is 79.9. The van der Waals surface area contributed by atoms with Crippen LogP contribution < -0.4 is 4.74 Å². The molecular weight excluding hydrogens is 274 g/mol. The van der Waals surface area contributed by atoms with Gasteiger partial charge < -0.3 is 4.74 Å². The van der Waals surface area contributed by atoms with E-state index in [4.69, 9.17) is 4.74 Å². The number of aromatic nitrogens is 1. The van der Waals surface area contributed by atoms with Crippen molar-refractivity contribution in [2.75, 3.05) is 6.61 Å². The zero-order valence-electron chi connectivity index (χ0n) is 8.24. The maximum atomic E-state index is 5.39. The van der Waals surface area contributed by atoms with Gasteiger partial charge in [-0.2, -0.15) is 4.37 Å². The van der Waals surface area contributed by atoms with E-state index in [0.29, 0.717) is 12.5 Å². The molecule has 15 heavy (non-hydrogen) atoms. The lowest BCUT2D eigenvalue weighted by atomic mass is 10.2. The van der Waals surface area contributed by atoms with E-state index in [0.717, 1.165) is 14.9 Å². The second-order valence-electron chi connectivity index (χ2n) is 2.93. The van der Waals surface area contributed by atoms with Gasteiger partial charge in [0.15, 0.2) is 0 Å². The summed E-state index contributed by atoms with van der Waals surface area (Å²) < 4.78 is 10.6. The van der Waals surface area contributed by atoms with Crippen LogP contribution in [0.3, 0.4) is 0 Å². The Morgan fingerprint density at radius 1 is 1.33 bits per heavy atom. The van der Waals surface area contributed by atoms with Gasteiger partial charge in [-0.25, -0.2) is 0 Å². The Morgan fingerprint density at radius 2 is 2.07 bits per heavy atom. The fraction of sp³-hybridized carbons (Fsp3) is 0.182. The van der Waals surface area contributed by atoms with Crippen molar-refractivity contribution in [3.05, 3.63) is 34.8 Å². The third-order valence-corrected chi connectivity index (χ3v) is 3.80. The first-order valence-electron chi connectivity index (χ1n) is 4.66. The van der Waals surface area contributed by atoms with Crippen molar-refractivity contribution in [1.29, 1.82) is 0 Å². The van der Waals surface area contributed by atoms with E-state index < -0.39 is 0 Å². The predicted octanol–water partition coefficient (Wildman–Crippen LogP) is 3.97. The van der Waals surface area contributed by atoms with E-state index in [9.17, 15) is 0 Å². The molecule has 2 nitrogen and oxygen atoms in total. The average Bonchev–Trinajstić information content (AvgIpc) is 2.63. The molecule has 1 heterocycles. The van der Waals surface area contributed by atoms with Crippen LogP contribution in [-0.4, -0.2) is 11.0 Å². The lowest BCUT2D eigenvalue weighted by molar-refractivity contribution is 0.328. The van der Waals surface area contributed by atoms with E-state index in [1.807, 2.05) is 25.1 Å². The first-order chi connectivity index (χ1) is 7.33. The van der Waals surface area contributed by atoms with Gasteiger partial charge in [0.2, 0.25) is 5.88 Å². The van der Waals surface area contributed by atoms with Crippen molar-refractivity contribution in [1.82, 2.24) is 4.37 Å². The highest BCUT2D eigenvalue weighted by molar-refractivity contribution is 9.10. The first-order valence-corrected chi connectivity index (χ1v) is 6.23. The van der Waals surface area contributed by atoms with Crippen molar-refractivity contribution >= 4 is 27.5 Å². The normalized spacial score (nSPS) is 10.3. The van der Waals surface area contributed by atoms with Gasteiger partial charge in [0.05, 0.1) is 16.0 Å². The zero-order valence-corrected chi connectivity index (χ0v) is 10.6. The molecular formula is C11H10BrNOS. The maximum absolute atomic E-state index is 5.39. The number of rotatable bonds is 3. The third kappa shape index (κ3) is 2.21. The lowest BCUT2D eigenvalue weighted by Gasteiger charge is -1.99. The fourth-order valence-electron chi connectivity index (χ4n) is 1.26. The minimum atomic E-state index is 0.635. The summed E-state index contributed by atoms with van der Waals surface area (Å²) in [6.45, 7) is 2.59. The van der Waals surface area contributed by atoms with Crippen LogP contribution in [0.2, 0.25) is 0 Å². The van der Waals surface area contributed by atoms with Gasteiger partial charge in [0.1, 0.15) is 0 Å². The molecule has 4 heteroatoms. The van der Waals surface area contributed by atoms with Crippen molar-refractivity contribution < 1.29 is 4.74 Å². The number of benzene rings is 1. The van der Waals surface area contributed by atoms with Crippen LogP contribution in [0, 0.1) is 0 Å². The van der Waals surface area contributed by atoms with Crippen LogP contribution >= 0.6 is 27.5 Å². The van der Waals surface area contributed by atoms with E-state index in [1.165, 1.54) is 11.5 Å². The third-order valence-electron chi connectivity index (χ3n) is 1.92. The average molecular weight is 284 g/mol. The molecule has 0 saturated carbocycles. The molecule has 0 fully saturated rings. The Balaban J connectivity index is 2.38. The Bertz CT molecular complexity index is 441. The van der Waals surface area contributed by atoms with Crippen molar-refractivity contribution in [2.45, 2.75) is 6.92 Å². The Labute approximate surface area is 101 Å². The second-order valence-corrected chi connectivity index (χ2v) is 4.50. The van der Waals surface area contributed by atoms with Gasteiger partial charge in [-0.05, 0) is 39.9 Å². The molecule has 0 bridgehead atoms. The summed E-state index contributed by atoms with van der Waals surface area (Å²) in [4.78, 5) is 1.11. The zero-order chi connectivity index (χ0) is 10.7. The summed E-state index contributed by atoms with van der Waals surface area (Å²) in [5, 5.41) is 0. The number of hydrogen-bond acceptors (Lipinski definition) is 3. The van der Waals surface area contributed by atoms with Gasteiger partial charge >= 0.3 is 0 Å². The van der Waals surface area contributed by atoms with Gasteiger partial charge in [0, 0.05) is 0 Å². The van der Waals surface area contributed by atoms with Crippen LogP contribution in [0.1, 0.15) is 6.92 Å². The summed E-state index contributed by atoms with van der Waals surface area (Å²) in [5.41, 5.74) is 1.16. The second kappa shape index (κ2) is 4.77. The summed E-state index contributed by atoms with van der Waals surface area (Å²) in [7, 11) is 0. The van der Waals surface area contributed by atoms with Crippen molar-refractivity contribution in [3.8, 4) is 16.3 Å². The van der Waals surface area contributed by atoms with Gasteiger partial charge in [0.25, 0.3) is 0 Å². The van der Waals surface area contributed by atoms with Crippen molar-refractivity contribution in [3.63, 3.8) is 0 Å². The lowest BCUT2D eigenvalue weighted by Crippen LogP contribution is -1.91. The quantitative estimate of drug-likeness (QED) is 0.850. The summed E-state index contributed by atoms with van der Waals surface area (Å²) >= 11 is 4.96. The number of ether oxygens (including phenoxy) is 1. The van der Waals surface area contributed by atoms with Crippen molar-refractivity contribution in [2.24, 2.45) is 0 Å². The first kappa shape index (κ1) is 10.6. The predicted molar refractivity (Wildman–Crippen MR) is 66.4 cm³/mol. The Hall–Kier alpha value is -0.870. The minimum absolute atomic E-state index is 0.635. The molecule has 0 saturated heterocycles. The molecule has 78 valence electrons. The monoisotopic (exact) mass is 283 g/mol. The Morgan fingerprint density at radius 3 is 2.73 bits per heavy atom. The molecule has 0 N–H and O–H groups in total. The van der Waals surface area contributed by atoms with E-state index in [1.54, 1.807) is 0 Å². The van der Waals surface area contributed by atoms with E-state index >= 15 is 0 Å². The molecule has 0 spiro atoms. The van der Waals surface area contributed by atoms with Gasteiger partial charge in [-0.3, -0.25) is 0 Å². The fourth-order valence-corrected chi connectivity index (χ4v) is 2.75. The SMILES string of the molecule is CCOc1nsc(-c2ccccc2)c1Br. The van der Waals surface area contributed by atoms with Crippen LogP contribution in [-0.2, 0) is 0 Å².